The van der Waals surface area contributed by atoms with E-state index < -0.39 is 11.6 Å². The zero-order chi connectivity index (χ0) is 12.4. The lowest BCUT2D eigenvalue weighted by atomic mass is 10.0. The number of nitrogen functional groups attached to an aromatic ring is 1. The summed E-state index contributed by atoms with van der Waals surface area (Å²) in [7, 11) is 0. The topological polar surface area (TPSA) is 43.1 Å². The second-order valence-corrected chi connectivity index (χ2v) is 3.60. The van der Waals surface area contributed by atoms with E-state index in [-0.39, 0.29) is 5.69 Å². The van der Waals surface area contributed by atoms with E-state index in [1.54, 1.807) is 24.3 Å². The van der Waals surface area contributed by atoms with Gasteiger partial charge in [-0.15, -0.1) is 0 Å². The lowest BCUT2D eigenvalue weighted by Gasteiger charge is -2.05. The number of carbonyl (C=O) groups excluding carboxylic acids is 1. The van der Waals surface area contributed by atoms with Crippen LogP contribution in [0.4, 0.5) is 14.5 Å². The summed E-state index contributed by atoms with van der Waals surface area (Å²) in [5.41, 5.74) is 6.60. The Morgan fingerprint density at radius 2 is 1.82 bits per heavy atom. The monoisotopic (exact) mass is 233 g/mol. The third-order valence-electron chi connectivity index (χ3n) is 2.41. The summed E-state index contributed by atoms with van der Waals surface area (Å²) >= 11 is 0. The fourth-order valence-electron chi connectivity index (χ4n) is 1.57. The zero-order valence-electron chi connectivity index (χ0n) is 8.78. The van der Waals surface area contributed by atoms with Crippen LogP contribution in [0.2, 0.25) is 0 Å². The molecule has 86 valence electrons. The van der Waals surface area contributed by atoms with Gasteiger partial charge in [-0.25, -0.2) is 8.78 Å². The Hall–Kier alpha value is -2.23. The minimum absolute atomic E-state index is 0.253. The van der Waals surface area contributed by atoms with Gasteiger partial charge in [-0.05, 0) is 29.3 Å². The molecule has 0 bridgehead atoms. The van der Waals surface area contributed by atoms with Crippen LogP contribution >= 0.6 is 0 Å². The van der Waals surface area contributed by atoms with Crippen molar-refractivity contribution in [2.24, 2.45) is 0 Å². The van der Waals surface area contributed by atoms with Gasteiger partial charge in [-0.3, -0.25) is 4.79 Å². The van der Waals surface area contributed by atoms with Gasteiger partial charge >= 0.3 is 0 Å². The van der Waals surface area contributed by atoms with Crippen molar-refractivity contribution in [1.29, 1.82) is 0 Å². The predicted octanol–water partition coefficient (Wildman–Crippen LogP) is 3.03. The Labute approximate surface area is 96.7 Å². The highest BCUT2D eigenvalue weighted by atomic mass is 19.2. The molecule has 17 heavy (non-hydrogen) atoms. The van der Waals surface area contributed by atoms with E-state index in [4.69, 9.17) is 5.73 Å². The average molecular weight is 233 g/mol. The van der Waals surface area contributed by atoms with Gasteiger partial charge in [-0.2, -0.15) is 0 Å². The first-order valence-electron chi connectivity index (χ1n) is 4.92. The summed E-state index contributed by atoms with van der Waals surface area (Å²) in [6, 6.07) is 8.95. The average Bonchev–Trinajstić information content (AvgIpc) is 2.35. The van der Waals surface area contributed by atoms with Crippen molar-refractivity contribution in [3.05, 3.63) is 53.6 Å². The smallest absolute Gasteiger partial charge is 0.181 e. The van der Waals surface area contributed by atoms with E-state index in [9.17, 15) is 13.6 Å². The second kappa shape index (κ2) is 4.33. The molecule has 0 atom stereocenters. The molecule has 0 aliphatic carbocycles. The van der Waals surface area contributed by atoms with Gasteiger partial charge in [0.05, 0.1) is 5.69 Å². The summed E-state index contributed by atoms with van der Waals surface area (Å²) in [5.74, 6) is -2.06. The van der Waals surface area contributed by atoms with Crippen LogP contribution < -0.4 is 5.73 Å². The maximum Gasteiger partial charge on any atom is 0.181 e. The van der Waals surface area contributed by atoms with Crippen LogP contribution in [0.3, 0.4) is 0 Å². The molecule has 0 saturated carbocycles. The van der Waals surface area contributed by atoms with Crippen molar-refractivity contribution in [3.63, 3.8) is 0 Å². The van der Waals surface area contributed by atoms with E-state index >= 15 is 0 Å². The molecule has 0 radical (unpaired) electrons. The highest BCUT2D eigenvalue weighted by Crippen LogP contribution is 2.26. The minimum Gasteiger partial charge on any atom is -0.396 e. The van der Waals surface area contributed by atoms with Crippen LogP contribution in [0.25, 0.3) is 11.1 Å². The molecular formula is C13H9F2NO. The van der Waals surface area contributed by atoms with Gasteiger partial charge in [0.25, 0.3) is 0 Å². The maximum atomic E-state index is 13.2. The first kappa shape index (κ1) is 11.3. The lowest BCUT2D eigenvalue weighted by molar-refractivity contribution is 0.112. The van der Waals surface area contributed by atoms with Gasteiger partial charge in [-0.1, -0.05) is 18.2 Å². The molecule has 0 spiro atoms. The van der Waals surface area contributed by atoms with E-state index in [0.717, 1.165) is 6.07 Å². The molecule has 0 aliphatic heterocycles. The largest absolute Gasteiger partial charge is 0.396 e. The van der Waals surface area contributed by atoms with Crippen molar-refractivity contribution >= 4 is 12.0 Å². The molecular weight excluding hydrogens is 224 g/mol. The molecule has 2 nitrogen and oxygen atoms in total. The Kier molecular flexibility index (Phi) is 2.87. The normalized spacial score (nSPS) is 10.2. The van der Waals surface area contributed by atoms with Crippen LogP contribution in [0.1, 0.15) is 10.4 Å². The van der Waals surface area contributed by atoms with Crippen LogP contribution in [0, 0.1) is 11.6 Å². The van der Waals surface area contributed by atoms with Crippen molar-refractivity contribution in [3.8, 4) is 11.1 Å². The van der Waals surface area contributed by atoms with Crippen molar-refractivity contribution in [2.75, 3.05) is 5.73 Å². The molecule has 2 N–H and O–H groups in total. The van der Waals surface area contributed by atoms with E-state index in [0.29, 0.717) is 23.0 Å². The highest BCUT2D eigenvalue weighted by molar-refractivity contribution is 5.79. The maximum absolute atomic E-state index is 13.2. The fraction of sp³-hybridized carbons (Fsp3) is 0. The van der Waals surface area contributed by atoms with Crippen LogP contribution in [0.5, 0.6) is 0 Å². The molecule has 0 amide bonds. The van der Waals surface area contributed by atoms with Crippen LogP contribution in [-0.2, 0) is 0 Å². The SMILES string of the molecule is Nc1cc(-c2cccc(C=O)c2)cc(F)c1F. The lowest BCUT2D eigenvalue weighted by Crippen LogP contribution is -1.95. The number of nitrogens with two attached hydrogens (primary N) is 1. The Morgan fingerprint density at radius 1 is 1.06 bits per heavy atom. The molecule has 0 aromatic heterocycles. The van der Waals surface area contributed by atoms with Crippen molar-refractivity contribution < 1.29 is 13.6 Å². The molecule has 4 heteroatoms. The summed E-state index contributed by atoms with van der Waals surface area (Å²) in [6.07, 6.45) is 0.687. The fourth-order valence-corrected chi connectivity index (χ4v) is 1.57. The first-order valence-corrected chi connectivity index (χ1v) is 4.92. The Bertz CT molecular complexity index is 558. The molecule has 0 fully saturated rings. The second-order valence-electron chi connectivity index (χ2n) is 3.60. The van der Waals surface area contributed by atoms with Gasteiger partial charge in [0.2, 0.25) is 0 Å². The number of aldehydes is 1. The summed E-state index contributed by atoms with van der Waals surface area (Å²) in [6.45, 7) is 0. The van der Waals surface area contributed by atoms with E-state index in [1.807, 2.05) is 0 Å². The number of hydrogen-bond acceptors (Lipinski definition) is 2. The van der Waals surface area contributed by atoms with Crippen LogP contribution in [0.15, 0.2) is 36.4 Å². The third-order valence-corrected chi connectivity index (χ3v) is 2.41. The Balaban J connectivity index is 2.56. The molecule has 2 aromatic rings. The number of hydrogen-bond donors (Lipinski definition) is 1. The van der Waals surface area contributed by atoms with Crippen molar-refractivity contribution in [1.82, 2.24) is 0 Å². The quantitative estimate of drug-likeness (QED) is 0.640. The van der Waals surface area contributed by atoms with Gasteiger partial charge in [0.1, 0.15) is 6.29 Å². The Morgan fingerprint density at radius 3 is 2.47 bits per heavy atom. The molecule has 0 unspecified atom stereocenters. The number of benzene rings is 2. The minimum atomic E-state index is -1.06. The highest BCUT2D eigenvalue weighted by Gasteiger charge is 2.09. The van der Waals surface area contributed by atoms with Gasteiger partial charge in [0, 0.05) is 5.56 Å². The standard InChI is InChI=1S/C13H9F2NO/c14-11-5-10(6-12(16)13(11)15)9-3-1-2-8(4-9)7-17/h1-7H,16H2. The first-order chi connectivity index (χ1) is 8.11. The van der Waals surface area contributed by atoms with Gasteiger partial charge in [0.15, 0.2) is 11.6 Å². The molecule has 2 rings (SSSR count). The molecule has 0 saturated heterocycles. The number of carbonyl (C=O) groups is 1. The van der Waals surface area contributed by atoms with E-state index in [1.165, 1.54) is 6.07 Å². The summed E-state index contributed by atoms with van der Waals surface area (Å²) in [5, 5.41) is 0. The molecule has 0 heterocycles. The predicted molar refractivity (Wildman–Crippen MR) is 61.6 cm³/mol. The van der Waals surface area contributed by atoms with Crippen molar-refractivity contribution in [2.45, 2.75) is 0 Å². The van der Waals surface area contributed by atoms with Crippen LogP contribution in [-0.4, -0.2) is 6.29 Å². The van der Waals surface area contributed by atoms with E-state index in [2.05, 4.69) is 0 Å². The third kappa shape index (κ3) is 2.15. The zero-order valence-corrected chi connectivity index (χ0v) is 8.78. The number of rotatable bonds is 2. The molecule has 0 aliphatic rings. The molecule has 2 aromatic carbocycles. The number of halogens is 2. The summed E-state index contributed by atoms with van der Waals surface area (Å²) in [4.78, 5) is 10.6. The van der Waals surface area contributed by atoms with Gasteiger partial charge < -0.3 is 5.73 Å². The summed E-state index contributed by atoms with van der Waals surface area (Å²) < 4.78 is 26.2. The number of anilines is 1.